The topological polar surface area (TPSA) is 47.3 Å². The minimum Gasteiger partial charge on any atom is -0.451 e. The predicted molar refractivity (Wildman–Crippen MR) is 69.6 cm³/mol. The summed E-state index contributed by atoms with van der Waals surface area (Å²) in [6.07, 6.45) is 3.41. The van der Waals surface area contributed by atoms with Gasteiger partial charge in [-0.1, -0.05) is 19.1 Å². The molecule has 1 N–H and O–H groups in total. The van der Waals surface area contributed by atoms with Gasteiger partial charge in [-0.2, -0.15) is 5.10 Å². The summed E-state index contributed by atoms with van der Waals surface area (Å²) in [5.74, 6) is 0.00985. The van der Waals surface area contributed by atoms with Crippen LogP contribution in [0.25, 0.3) is 0 Å². The average molecular weight is 264 g/mol. The Bertz CT molecular complexity index is 552. The van der Waals surface area contributed by atoms with Crippen LogP contribution in [0.3, 0.4) is 0 Å². The van der Waals surface area contributed by atoms with Gasteiger partial charge in [0.2, 0.25) is 0 Å². The van der Waals surface area contributed by atoms with Crippen molar-refractivity contribution in [1.29, 1.82) is 0 Å². The summed E-state index contributed by atoms with van der Waals surface area (Å²) in [7, 11) is 0. The lowest BCUT2D eigenvalue weighted by atomic mass is 10.1. The molecular formula is C14H17FN2O2. The van der Waals surface area contributed by atoms with Crippen molar-refractivity contribution in [2.24, 2.45) is 0 Å². The third-order valence-corrected chi connectivity index (χ3v) is 2.73. The first-order valence-electron chi connectivity index (χ1n) is 6.28. The first-order chi connectivity index (χ1) is 9.11. The number of ether oxygens (including phenoxy) is 1. The number of aliphatic hydroxyl groups is 1. The van der Waals surface area contributed by atoms with E-state index in [1.807, 2.05) is 6.92 Å². The molecule has 19 heavy (non-hydrogen) atoms. The Hall–Kier alpha value is -1.88. The van der Waals surface area contributed by atoms with Crippen LogP contribution in [0.5, 0.6) is 11.5 Å². The minimum atomic E-state index is -0.795. The van der Waals surface area contributed by atoms with Crippen molar-refractivity contribution in [2.45, 2.75) is 32.9 Å². The number of para-hydroxylation sites is 1. The van der Waals surface area contributed by atoms with Crippen molar-refractivity contribution in [3.8, 4) is 11.5 Å². The largest absolute Gasteiger partial charge is 0.451 e. The summed E-state index contributed by atoms with van der Waals surface area (Å²) in [6, 6.07) is 4.49. The standard InChI is InChI=1S/C14H17FN2O2/c1-3-7-17-9-11(8-16-17)19-14-12(10(2)18)5-4-6-13(14)15/h4-6,8-10,18H,3,7H2,1-2H3. The molecule has 0 aliphatic heterocycles. The van der Waals surface area contributed by atoms with Crippen LogP contribution in [0, 0.1) is 5.82 Å². The van der Waals surface area contributed by atoms with Crippen LogP contribution < -0.4 is 4.74 Å². The number of halogens is 1. The number of hydrogen-bond acceptors (Lipinski definition) is 3. The number of aryl methyl sites for hydroxylation is 1. The summed E-state index contributed by atoms with van der Waals surface area (Å²) in [5.41, 5.74) is 0.420. The molecular weight excluding hydrogens is 247 g/mol. The lowest BCUT2D eigenvalue weighted by molar-refractivity contribution is 0.194. The molecule has 1 atom stereocenters. The number of nitrogens with zero attached hydrogens (tertiary/aromatic N) is 2. The van der Waals surface area contributed by atoms with Gasteiger partial charge in [-0.05, 0) is 19.4 Å². The molecule has 0 bridgehead atoms. The molecule has 2 aromatic rings. The Morgan fingerprint density at radius 2 is 2.26 bits per heavy atom. The Balaban J connectivity index is 2.26. The van der Waals surface area contributed by atoms with Gasteiger partial charge in [0.15, 0.2) is 17.3 Å². The van der Waals surface area contributed by atoms with Gasteiger partial charge < -0.3 is 9.84 Å². The summed E-state index contributed by atoms with van der Waals surface area (Å²) in [5, 5.41) is 13.7. The molecule has 1 aromatic carbocycles. The molecule has 4 nitrogen and oxygen atoms in total. The van der Waals surface area contributed by atoms with E-state index in [1.165, 1.54) is 12.3 Å². The number of benzene rings is 1. The summed E-state index contributed by atoms with van der Waals surface area (Å²) >= 11 is 0. The zero-order chi connectivity index (χ0) is 13.8. The molecule has 0 aliphatic rings. The lowest BCUT2D eigenvalue weighted by Gasteiger charge is -2.12. The van der Waals surface area contributed by atoms with Crippen LogP contribution in [-0.2, 0) is 6.54 Å². The normalized spacial score (nSPS) is 12.4. The fraction of sp³-hybridized carbons (Fsp3) is 0.357. The molecule has 102 valence electrons. The fourth-order valence-electron chi connectivity index (χ4n) is 1.83. The van der Waals surface area contributed by atoms with E-state index in [2.05, 4.69) is 5.10 Å². The molecule has 1 aromatic heterocycles. The first kappa shape index (κ1) is 13.5. The summed E-state index contributed by atoms with van der Waals surface area (Å²) in [4.78, 5) is 0. The van der Waals surface area contributed by atoms with Gasteiger partial charge in [0.05, 0.1) is 18.5 Å². The number of aliphatic hydroxyl groups excluding tert-OH is 1. The lowest BCUT2D eigenvalue weighted by Crippen LogP contribution is -1.98. The van der Waals surface area contributed by atoms with Crippen molar-refractivity contribution < 1.29 is 14.2 Å². The Morgan fingerprint density at radius 1 is 1.47 bits per heavy atom. The summed E-state index contributed by atoms with van der Waals surface area (Å²) in [6.45, 7) is 4.40. The van der Waals surface area contributed by atoms with Gasteiger partial charge in [-0.25, -0.2) is 4.39 Å². The van der Waals surface area contributed by atoms with Crippen molar-refractivity contribution >= 4 is 0 Å². The zero-order valence-electron chi connectivity index (χ0n) is 11.0. The van der Waals surface area contributed by atoms with Crippen molar-refractivity contribution in [2.75, 3.05) is 0 Å². The second-order valence-electron chi connectivity index (χ2n) is 4.38. The molecule has 0 radical (unpaired) electrons. The number of rotatable bonds is 5. The molecule has 0 saturated carbocycles. The molecule has 1 unspecified atom stereocenters. The van der Waals surface area contributed by atoms with Gasteiger partial charge in [0.25, 0.3) is 0 Å². The fourth-order valence-corrected chi connectivity index (χ4v) is 1.83. The first-order valence-corrected chi connectivity index (χ1v) is 6.28. The molecule has 0 amide bonds. The Morgan fingerprint density at radius 3 is 2.95 bits per heavy atom. The molecule has 0 aliphatic carbocycles. The highest BCUT2D eigenvalue weighted by Crippen LogP contribution is 2.31. The van der Waals surface area contributed by atoms with E-state index in [4.69, 9.17) is 4.74 Å². The van der Waals surface area contributed by atoms with Gasteiger partial charge in [0.1, 0.15) is 0 Å². The van der Waals surface area contributed by atoms with Crippen LogP contribution in [-0.4, -0.2) is 14.9 Å². The van der Waals surface area contributed by atoms with E-state index in [0.717, 1.165) is 13.0 Å². The predicted octanol–water partition coefficient (Wildman–Crippen LogP) is 3.28. The van der Waals surface area contributed by atoms with E-state index in [9.17, 15) is 9.50 Å². The molecule has 5 heteroatoms. The second kappa shape index (κ2) is 5.84. The van der Waals surface area contributed by atoms with Gasteiger partial charge in [0, 0.05) is 12.1 Å². The zero-order valence-corrected chi connectivity index (χ0v) is 11.0. The average Bonchev–Trinajstić information content (AvgIpc) is 2.79. The van der Waals surface area contributed by atoms with Crippen LogP contribution in [0.1, 0.15) is 31.9 Å². The highest BCUT2D eigenvalue weighted by atomic mass is 19.1. The molecule has 0 fully saturated rings. The Labute approximate surface area is 111 Å². The van der Waals surface area contributed by atoms with E-state index < -0.39 is 11.9 Å². The second-order valence-corrected chi connectivity index (χ2v) is 4.38. The number of hydrogen-bond donors (Lipinski definition) is 1. The maximum absolute atomic E-state index is 13.8. The van der Waals surface area contributed by atoms with Crippen LogP contribution in [0.4, 0.5) is 4.39 Å². The highest BCUT2D eigenvalue weighted by Gasteiger charge is 2.15. The van der Waals surface area contributed by atoms with Crippen LogP contribution >= 0.6 is 0 Å². The van der Waals surface area contributed by atoms with E-state index in [0.29, 0.717) is 11.3 Å². The third kappa shape index (κ3) is 3.12. The highest BCUT2D eigenvalue weighted by molar-refractivity contribution is 5.39. The SMILES string of the molecule is CCCn1cc(Oc2c(F)cccc2C(C)O)cn1. The maximum Gasteiger partial charge on any atom is 0.168 e. The smallest absolute Gasteiger partial charge is 0.168 e. The van der Waals surface area contributed by atoms with E-state index in [1.54, 1.807) is 29.9 Å². The Kier molecular flexibility index (Phi) is 4.16. The quantitative estimate of drug-likeness (QED) is 0.901. The molecule has 0 saturated heterocycles. The van der Waals surface area contributed by atoms with Crippen LogP contribution in [0.2, 0.25) is 0 Å². The maximum atomic E-state index is 13.8. The minimum absolute atomic E-state index is 0.0496. The van der Waals surface area contributed by atoms with Crippen molar-refractivity contribution in [1.82, 2.24) is 9.78 Å². The third-order valence-electron chi connectivity index (χ3n) is 2.73. The van der Waals surface area contributed by atoms with Crippen molar-refractivity contribution in [3.63, 3.8) is 0 Å². The molecule has 1 heterocycles. The molecule has 0 spiro atoms. The van der Waals surface area contributed by atoms with E-state index in [-0.39, 0.29) is 5.75 Å². The van der Waals surface area contributed by atoms with E-state index >= 15 is 0 Å². The van der Waals surface area contributed by atoms with Gasteiger partial charge >= 0.3 is 0 Å². The summed E-state index contributed by atoms with van der Waals surface area (Å²) < 4.78 is 21.0. The van der Waals surface area contributed by atoms with Crippen molar-refractivity contribution in [3.05, 3.63) is 42.0 Å². The number of aromatic nitrogens is 2. The van der Waals surface area contributed by atoms with Crippen LogP contribution in [0.15, 0.2) is 30.6 Å². The van der Waals surface area contributed by atoms with Gasteiger partial charge in [-0.3, -0.25) is 4.68 Å². The monoisotopic (exact) mass is 264 g/mol. The van der Waals surface area contributed by atoms with Gasteiger partial charge in [-0.15, -0.1) is 0 Å². The molecule has 2 rings (SSSR count).